The van der Waals surface area contributed by atoms with Gasteiger partial charge in [0.05, 0.1) is 6.54 Å². The fourth-order valence-corrected chi connectivity index (χ4v) is 3.11. The number of aromatic nitrogens is 2. The Kier molecular flexibility index (Phi) is 9.54. The Morgan fingerprint density at radius 2 is 2.03 bits per heavy atom. The summed E-state index contributed by atoms with van der Waals surface area (Å²) in [5.41, 5.74) is 2.06. The molecule has 0 bridgehead atoms. The average molecular weight is 526 g/mol. The van der Waals surface area contributed by atoms with Crippen LogP contribution in [0, 0.1) is 0 Å². The molecule has 2 aromatic rings. The Balaban J connectivity index is 0.00000320. The third-order valence-electron chi connectivity index (χ3n) is 4.72. The molecule has 1 amide bonds. The van der Waals surface area contributed by atoms with Crippen LogP contribution in [0.4, 0.5) is 5.69 Å². The number of carbonyl (C=O) groups excluding carboxylic acids is 1. The van der Waals surface area contributed by atoms with Gasteiger partial charge >= 0.3 is 0 Å². The van der Waals surface area contributed by atoms with E-state index in [1.165, 1.54) is 0 Å². The van der Waals surface area contributed by atoms with E-state index in [0.29, 0.717) is 31.8 Å². The van der Waals surface area contributed by atoms with Crippen molar-refractivity contribution in [3.8, 4) is 0 Å². The van der Waals surface area contributed by atoms with E-state index in [-0.39, 0.29) is 35.8 Å². The van der Waals surface area contributed by atoms with Gasteiger partial charge in [-0.15, -0.1) is 24.0 Å². The molecular formula is C21H31IN6O2. The van der Waals surface area contributed by atoms with Gasteiger partial charge in [0, 0.05) is 44.1 Å². The lowest BCUT2D eigenvalue weighted by molar-refractivity contribution is -0.117. The third-order valence-corrected chi connectivity index (χ3v) is 4.72. The van der Waals surface area contributed by atoms with E-state index < -0.39 is 0 Å². The molecule has 30 heavy (non-hydrogen) atoms. The predicted octanol–water partition coefficient (Wildman–Crippen LogP) is 3.24. The van der Waals surface area contributed by atoms with Gasteiger partial charge in [0.15, 0.2) is 11.8 Å². The Hall–Kier alpha value is -2.17. The minimum absolute atomic E-state index is 0. The van der Waals surface area contributed by atoms with E-state index >= 15 is 0 Å². The number of amides is 1. The van der Waals surface area contributed by atoms with E-state index in [2.05, 4.69) is 25.8 Å². The quantitative estimate of drug-likeness (QED) is 0.312. The molecule has 3 rings (SSSR count). The van der Waals surface area contributed by atoms with Gasteiger partial charge in [-0.1, -0.05) is 31.1 Å². The number of hydrogen-bond acceptors (Lipinski definition) is 5. The molecule has 2 N–H and O–H groups in total. The fourth-order valence-electron chi connectivity index (χ4n) is 3.11. The van der Waals surface area contributed by atoms with Gasteiger partial charge in [0.2, 0.25) is 11.8 Å². The number of anilines is 1. The van der Waals surface area contributed by atoms with Crippen LogP contribution in [0.3, 0.4) is 0 Å². The maximum Gasteiger partial charge on any atom is 0.228 e. The van der Waals surface area contributed by atoms with E-state index in [1.807, 2.05) is 49.9 Å². The molecule has 1 aromatic heterocycles. The number of benzene rings is 1. The number of carbonyl (C=O) groups is 1. The monoisotopic (exact) mass is 526 g/mol. The first kappa shape index (κ1) is 24.1. The van der Waals surface area contributed by atoms with E-state index in [4.69, 9.17) is 4.52 Å². The second kappa shape index (κ2) is 11.9. The van der Waals surface area contributed by atoms with Crippen LogP contribution in [-0.4, -0.2) is 41.6 Å². The molecule has 0 unspecified atom stereocenters. The largest absolute Gasteiger partial charge is 0.357 e. The zero-order valence-electron chi connectivity index (χ0n) is 17.9. The van der Waals surface area contributed by atoms with Gasteiger partial charge in [-0.3, -0.25) is 4.79 Å². The van der Waals surface area contributed by atoms with Gasteiger partial charge in [0.1, 0.15) is 0 Å². The molecule has 1 saturated heterocycles. The van der Waals surface area contributed by atoms with Crippen LogP contribution >= 0.6 is 24.0 Å². The van der Waals surface area contributed by atoms with Crippen LogP contribution in [0.5, 0.6) is 0 Å². The van der Waals surface area contributed by atoms with E-state index in [9.17, 15) is 4.79 Å². The summed E-state index contributed by atoms with van der Waals surface area (Å²) in [6.07, 6.45) is 2.22. The van der Waals surface area contributed by atoms with Crippen molar-refractivity contribution >= 4 is 41.5 Å². The van der Waals surface area contributed by atoms with Crippen molar-refractivity contribution in [2.24, 2.45) is 4.99 Å². The second-order valence-electron chi connectivity index (χ2n) is 7.39. The number of guanidine groups is 1. The number of aliphatic imine (C=N–C) groups is 1. The van der Waals surface area contributed by atoms with E-state index in [0.717, 1.165) is 42.5 Å². The summed E-state index contributed by atoms with van der Waals surface area (Å²) in [7, 11) is 0. The first-order valence-electron chi connectivity index (χ1n) is 10.3. The van der Waals surface area contributed by atoms with Crippen LogP contribution in [0.25, 0.3) is 0 Å². The van der Waals surface area contributed by atoms with Crippen molar-refractivity contribution in [2.75, 3.05) is 24.5 Å². The minimum atomic E-state index is 0. The topological polar surface area (TPSA) is 95.7 Å². The lowest BCUT2D eigenvalue weighted by atomic mass is 10.2. The molecule has 0 aliphatic carbocycles. The van der Waals surface area contributed by atoms with Crippen molar-refractivity contribution in [1.82, 2.24) is 20.8 Å². The van der Waals surface area contributed by atoms with Crippen molar-refractivity contribution in [1.29, 1.82) is 0 Å². The van der Waals surface area contributed by atoms with Crippen LogP contribution < -0.4 is 15.5 Å². The smallest absolute Gasteiger partial charge is 0.228 e. The molecule has 0 spiro atoms. The number of hydrogen-bond donors (Lipinski definition) is 2. The summed E-state index contributed by atoms with van der Waals surface area (Å²) in [6, 6.07) is 8.05. The molecule has 1 aliphatic rings. The second-order valence-corrected chi connectivity index (χ2v) is 7.39. The molecule has 0 atom stereocenters. The van der Waals surface area contributed by atoms with Crippen molar-refractivity contribution in [2.45, 2.75) is 52.5 Å². The predicted molar refractivity (Wildman–Crippen MR) is 128 cm³/mol. The number of nitrogens with one attached hydrogen (secondary N) is 2. The Labute approximate surface area is 194 Å². The van der Waals surface area contributed by atoms with Crippen LogP contribution in [0.1, 0.15) is 56.8 Å². The number of rotatable bonds is 8. The molecule has 0 radical (unpaired) electrons. The highest BCUT2D eigenvalue weighted by molar-refractivity contribution is 14.0. The summed E-state index contributed by atoms with van der Waals surface area (Å²) in [5.74, 6) is 2.57. The summed E-state index contributed by atoms with van der Waals surface area (Å²) >= 11 is 0. The van der Waals surface area contributed by atoms with Crippen molar-refractivity contribution < 1.29 is 9.32 Å². The molecule has 1 aromatic carbocycles. The van der Waals surface area contributed by atoms with Gasteiger partial charge < -0.3 is 20.1 Å². The third kappa shape index (κ3) is 6.68. The molecule has 8 nitrogen and oxygen atoms in total. The normalized spacial score (nSPS) is 14.2. The maximum absolute atomic E-state index is 11.9. The zero-order valence-corrected chi connectivity index (χ0v) is 20.2. The highest BCUT2D eigenvalue weighted by atomic mass is 127. The highest BCUT2D eigenvalue weighted by Crippen LogP contribution is 2.21. The average Bonchev–Trinajstić information content (AvgIpc) is 3.36. The lowest BCUT2D eigenvalue weighted by Crippen LogP contribution is -2.38. The zero-order chi connectivity index (χ0) is 20.6. The molecule has 1 fully saturated rings. The Bertz CT molecular complexity index is 834. The Morgan fingerprint density at radius 1 is 1.27 bits per heavy atom. The Morgan fingerprint density at radius 3 is 2.63 bits per heavy atom. The van der Waals surface area contributed by atoms with Gasteiger partial charge in [-0.25, -0.2) is 4.99 Å². The number of halogens is 1. The summed E-state index contributed by atoms with van der Waals surface area (Å²) in [6.45, 7) is 8.91. The number of nitrogens with zero attached hydrogens (tertiary/aromatic N) is 4. The van der Waals surface area contributed by atoms with Gasteiger partial charge in [-0.2, -0.15) is 4.98 Å². The molecule has 2 heterocycles. The molecule has 9 heteroatoms. The lowest BCUT2D eigenvalue weighted by Gasteiger charge is -2.15. The van der Waals surface area contributed by atoms with Crippen molar-refractivity contribution in [3.63, 3.8) is 0 Å². The molecular weight excluding hydrogens is 495 g/mol. The summed E-state index contributed by atoms with van der Waals surface area (Å²) < 4.78 is 5.27. The SMILES string of the molecule is CCNC(=NCc1ccc(N2CCCC2=O)cc1)NCCc1nc(C(C)C)no1.I. The standard InChI is InChI=1S/C21H30N6O2.HI/c1-4-22-21(23-12-11-18-25-20(15(2)3)26-29-18)24-14-16-7-9-17(10-8-16)27-13-5-6-19(27)28;/h7-10,15H,4-6,11-14H2,1-3H3,(H2,22,23,24);1H. The molecule has 0 saturated carbocycles. The van der Waals surface area contributed by atoms with Gasteiger partial charge in [-0.05, 0) is 31.0 Å². The molecule has 1 aliphatic heterocycles. The van der Waals surface area contributed by atoms with Crippen LogP contribution in [0.2, 0.25) is 0 Å². The maximum atomic E-state index is 11.9. The summed E-state index contributed by atoms with van der Waals surface area (Å²) in [4.78, 5) is 22.7. The van der Waals surface area contributed by atoms with E-state index in [1.54, 1.807) is 0 Å². The molecule has 164 valence electrons. The minimum Gasteiger partial charge on any atom is -0.357 e. The highest BCUT2D eigenvalue weighted by Gasteiger charge is 2.21. The van der Waals surface area contributed by atoms with Gasteiger partial charge in [0.25, 0.3) is 0 Å². The first-order chi connectivity index (χ1) is 14.1. The van der Waals surface area contributed by atoms with Crippen molar-refractivity contribution in [3.05, 3.63) is 41.5 Å². The van der Waals surface area contributed by atoms with Crippen LogP contribution in [0.15, 0.2) is 33.8 Å². The summed E-state index contributed by atoms with van der Waals surface area (Å²) in [5, 5.41) is 10.5. The fraction of sp³-hybridized carbons (Fsp3) is 0.524. The first-order valence-corrected chi connectivity index (χ1v) is 10.3. The van der Waals surface area contributed by atoms with Crippen LogP contribution in [-0.2, 0) is 17.8 Å².